The van der Waals surface area contributed by atoms with E-state index in [0.29, 0.717) is 19.3 Å². The van der Waals surface area contributed by atoms with Crippen LogP contribution in [-0.2, 0) is 19.1 Å². The van der Waals surface area contributed by atoms with Crippen molar-refractivity contribution < 1.29 is 19.1 Å². The van der Waals surface area contributed by atoms with E-state index in [4.69, 9.17) is 9.47 Å². The maximum atomic E-state index is 12.1. The molecule has 0 N–H and O–H groups in total. The van der Waals surface area contributed by atoms with Crippen molar-refractivity contribution >= 4 is 11.9 Å². The Morgan fingerprint density at radius 1 is 0.489 bits per heavy atom. The molecule has 256 valence electrons. The number of hydrogen-bond donors (Lipinski definition) is 0. The molecular formula is C41H68O4. The Kier molecular flexibility index (Phi) is 33.8. The summed E-state index contributed by atoms with van der Waals surface area (Å²) in [6.45, 7) is 6.32. The maximum Gasteiger partial charge on any atom is 0.306 e. The molecule has 0 aliphatic heterocycles. The van der Waals surface area contributed by atoms with Gasteiger partial charge < -0.3 is 9.47 Å². The standard InChI is InChI=1S/C41H68O4/c1-4-6-8-10-12-14-16-18-19-20-21-22-23-25-27-29-31-33-35-37-41(43)45-39(3)38-44-40(42)36-34-32-30-28-26-24-17-15-13-11-9-7-5-2/h6,8,12,14,18-19,21-22,25,27,31,33,39H,4-5,7,9-11,13,15-17,20,23-24,26,28-30,32,34-38H2,1-3H3/b8-6-,14-12-,19-18-,22-21-,27-25-,33-31-/t39-/m1/s1. The van der Waals surface area contributed by atoms with Gasteiger partial charge in [-0.1, -0.05) is 164 Å². The molecule has 0 radical (unpaired) electrons. The van der Waals surface area contributed by atoms with E-state index in [1.807, 2.05) is 6.08 Å². The monoisotopic (exact) mass is 625 g/mol. The van der Waals surface area contributed by atoms with Crippen molar-refractivity contribution in [3.8, 4) is 0 Å². The lowest BCUT2D eigenvalue weighted by Crippen LogP contribution is -2.22. The highest BCUT2D eigenvalue weighted by Crippen LogP contribution is 2.13. The number of rotatable bonds is 31. The van der Waals surface area contributed by atoms with E-state index >= 15 is 0 Å². The summed E-state index contributed by atoms with van der Waals surface area (Å²) in [6, 6.07) is 0. The second-order valence-electron chi connectivity index (χ2n) is 11.9. The lowest BCUT2D eigenvalue weighted by atomic mass is 10.0. The highest BCUT2D eigenvalue weighted by Gasteiger charge is 2.11. The van der Waals surface area contributed by atoms with Gasteiger partial charge in [0.1, 0.15) is 12.7 Å². The summed E-state index contributed by atoms with van der Waals surface area (Å²) in [4.78, 5) is 24.1. The van der Waals surface area contributed by atoms with Crippen LogP contribution in [0.5, 0.6) is 0 Å². The van der Waals surface area contributed by atoms with Crippen LogP contribution in [0, 0.1) is 0 Å². The Morgan fingerprint density at radius 2 is 0.889 bits per heavy atom. The van der Waals surface area contributed by atoms with Crippen LogP contribution in [0.4, 0.5) is 0 Å². The largest absolute Gasteiger partial charge is 0.462 e. The molecule has 0 unspecified atom stereocenters. The quantitative estimate of drug-likeness (QED) is 0.0437. The van der Waals surface area contributed by atoms with Gasteiger partial charge in [0.05, 0.1) is 0 Å². The van der Waals surface area contributed by atoms with Crippen LogP contribution in [0.3, 0.4) is 0 Å². The van der Waals surface area contributed by atoms with Crippen LogP contribution in [0.25, 0.3) is 0 Å². The lowest BCUT2D eigenvalue weighted by molar-refractivity contribution is -0.158. The first-order valence-electron chi connectivity index (χ1n) is 18.3. The summed E-state index contributed by atoms with van der Waals surface area (Å²) in [6.07, 6.45) is 49.5. The van der Waals surface area contributed by atoms with Crippen LogP contribution in [0.15, 0.2) is 72.9 Å². The van der Waals surface area contributed by atoms with Crippen molar-refractivity contribution in [2.24, 2.45) is 0 Å². The van der Waals surface area contributed by atoms with Crippen molar-refractivity contribution in [3.63, 3.8) is 0 Å². The molecule has 0 aliphatic rings. The molecule has 0 saturated heterocycles. The van der Waals surface area contributed by atoms with Gasteiger partial charge >= 0.3 is 11.9 Å². The molecule has 0 aliphatic carbocycles. The highest BCUT2D eigenvalue weighted by molar-refractivity contribution is 5.70. The summed E-state index contributed by atoms with van der Waals surface area (Å²) in [7, 11) is 0. The minimum absolute atomic E-state index is 0.128. The van der Waals surface area contributed by atoms with Crippen LogP contribution in [0.1, 0.15) is 162 Å². The molecule has 45 heavy (non-hydrogen) atoms. The molecule has 1 atom stereocenters. The zero-order chi connectivity index (χ0) is 32.9. The fourth-order valence-electron chi connectivity index (χ4n) is 4.73. The molecule has 0 saturated carbocycles. The second kappa shape index (κ2) is 35.9. The van der Waals surface area contributed by atoms with E-state index in [9.17, 15) is 9.59 Å². The molecular weight excluding hydrogens is 556 g/mol. The maximum absolute atomic E-state index is 12.1. The molecule has 4 heteroatoms. The van der Waals surface area contributed by atoms with E-state index in [1.165, 1.54) is 70.6 Å². The van der Waals surface area contributed by atoms with Gasteiger partial charge in [-0.25, -0.2) is 0 Å². The van der Waals surface area contributed by atoms with Crippen LogP contribution in [0.2, 0.25) is 0 Å². The van der Waals surface area contributed by atoms with Crippen LogP contribution < -0.4 is 0 Å². The van der Waals surface area contributed by atoms with Gasteiger partial charge in [0, 0.05) is 12.8 Å². The van der Waals surface area contributed by atoms with E-state index in [2.05, 4.69) is 80.7 Å². The number of allylic oxidation sites excluding steroid dienone is 12. The minimum Gasteiger partial charge on any atom is -0.462 e. The molecule has 0 rings (SSSR count). The fourth-order valence-corrected chi connectivity index (χ4v) is 4.73. The van der Waals surface area contributed by atoms with E-state index in [0.717, 1.165) is 51.4 Å². The van der Waals surface area contributed by atoms with Gasteiger partial charge in [-0.05, 0) is 58.3 Å². The number of ether oxygens (including phenoxy) is 2. The van der Waals surface area contributed by atoms with Crippen molar-refractivity contribution in [2.45, 2.75) is 168 Å². The number of carbonyl (C=O) groups excluding carboxylic acids is 2. The zero-order valence-electron chi connectivity index (χ0n) is 29.4. The second-order valence-corrected chi connectivity index (χ2v) is 11.9. The molecule has 0 aromatic heterocycles. The third kappa shape index (κ3) is 35.7. The number of carbonyl (C=O) groups is 2. The average Bonchev–Trinajstić information content (AvgIpc) is 3.03. The van der Waals surface area contributed by atoms with Gasteiger partial charge in [0.15, 0.2) is 0 Å². The summed E-state index contributed by atoms with van der Waals surface area (Å²) in [5.41, 5.74) is 0. The normalized spacial score (nSPS) is 13.0. The third-order valence-electron chi connectivity index (χ3n) is 7.41. The van der Waals surface area contributed by atoms with E-state index in [-0.39, 0.29) is 18.5 Å². The molecule has 0 amide bonds. The van der Waals surface area contributed by atoms with Crippen molar-refractivity contribution in [1.29, 1.82) is 0 Å². The van der Waals surface area contributed by atoms with Crippen molar-refractivity contribution in [2.75, 3.05) is 6.61 Å². The molecule has 0 fully saturated rings. The zero-order valence-corrected chi connectivity index (χ0v) is 29.4. The van der Waals surface area contributed by atoms with Gasteiger partial charge in [0.2, 0.25) is 0 Å². The summed E-state index contributed by atoms with van der Waals surface area (Å²) in [5.74, 6) is -0.450. The van der Waals surface area contributed by atoms with Crippen molar-refractivity contribution in [1.82, 2.24) is 0 Å². The highest BCUT2D eigenvalue weighted by atomic mass is 16.6. The number of esters is 2. The van der Waals surface area contributed by atoms with E-state index in [1.54, 1.807) is 6.92 Å². The number of hydrogen-bond acceptors (Lipinski definition) is 4. The van der Waals surface area contributed by atoms with Gasteiger partial charge in [-0.15, -0.1) is 0 Å². The Labute approximate surface area is 278 Å². The smallest absolute Gasteiger partial charge is 0.306 e. The average molecular weight is 625 g/mol. The summed E-state index contributed by atoms with van der Waals surface area (Å²) < 4.78 is 10.7. The third-order valence-corrected chi connectivity index (χ3v) is 7.41. The van der Waals surface area contributed by atoms with Gasteiger partial charge in [-0.3, -0.25) is 9.59 Å². The van der Waals surface area contributed by atoms with Gasteiger partial charge in [0.25, 0.3) is 0 Å². The Bertz CT molecular complexity index is 846. The molecule has 0 aromatic rings. The van der Waals surface area contributed by atoms with Crippen LogP contribution >= 0.6 is 0 Å². The minimum atomic E-state index is -0.418. The summed E-state index contributed by atoms with van der Waals surface area (Å²) >= 11 is 0. The van der Waals surface area contributed by atoms with Crippen molar-refractivity contribution in [3.05, 3.63) is 72.9 Å². The molecule has 4 nitrogen and oxygen atoms in total. The first kappa shape index (κ1) is 42.4. The molecule has 0 bridgehead atoms. The van der Waals surface area contributed by atoms with E-state index < -0.39 is 6.10 Å². The predicted octanol–water partition coefficient (Wildman–Crippen LogP) is 12.4. The first-order chi connectivity index (χ1) is 22.1. The Balaban J connectivity index is 3.62. The SMILES string of the molecule is CC/C=C\C/C=C\C/C=C\C/C=C\C/C=C\C/C=C\CCC(=O)O[C@H](C)COC(=O)CCCCCCCCCCCCCCC. The first-order valence-corrected chi connectivity index (χ1v) is 18.3. The lowest BCUT2D eigenvalue weighted by Gasteiger charge is -2.13. The molecule has 0 aromatic carbocycles. The predicted molar refractivity (Wildman–Crippen MR) is 194 cm³/mol. The topological polar surface area (TPSA) is 52.6 Å². The molecule has 0 heterocycles. The Hall–Kier alpha value is -2.62. The molecule has 0 spiro atoms. The fraction of sp³-hybridized carbons (Fsp3) is 0.659. The number of unbranched alkanes of at least 4 members (excludes halogenated alkanes) is 12. The Morgan fingerprint density at radius 3 is 1.33 bits per heavy atom. The summed E-state index contributed by atoms with van der Waals surface area (Å²) in [5, 5.41) is 0. The van der Waals surface area contributed by atoms with Crippen LogP contribution in [-0.4, -0.2) is 24.6 Å². The van der Waals surface area contributed by atoms with Gasteiger partial charge in [-0.2, -0.15) is 0 Å².